The number of aryl methyl sites for hydroxylation is 3. The van der Waals surface area contributed by atoms with Crippen LogP contribution in [0.1, 0.15) is 24.7 Å². The van der Waals surface area contributed by atoms with Gasteiger partial charge < -0.3 is 5.11 Å². The van der Waals surface area contributed by atoms with Crippen LogP contribution in [0.4, 0.5) is 0 Å². The summed E-state index contributed by atoms with van der Waals surface area (Å²) < 4.78 is 1.87. The third-order valence-electron chi connectivity index (χ3n) is 1.92. The highest BCUT2D eigenvalue weighted by molar-refractivity contribution is 5.08. The smallest absolute Gasteiger partial charge is 0.0596 e. The summed E-state index contributed by atoms with van der Waals surface area (Å²) in [5.74, 6) is 0. The minimum Gasteiger partial charge on any atom is -0.393 e. The van der Waals surface area contributed by atoms with Crippen molar-refractivity contribution >= 4 is 0 Å². The van der Waals surface area contributed by atoms with Crippen LogP contribution < -0.4 is 0 Å². The molecule has 1 heterocycles. The van der Waals surface area contributed by atoms with Gasteiger partial charge in [-0.1, -0.05) is 0 Å². The first-order valence-electron chi connectivity index (χ1n) is 4.27. The van der Waals surface area contributed by atoms with Gasteiger partial charge in [0.05, 0.1) is 11.8 Å². The van der Waals surface area contributed by atoms with E-state index in [4.69, 9.17) is 5.11 Å². The molecule has 0 aliphatic heterocycles. The largest absolute Gasteiger partial charge is 0.393 e. The molecule has 0 radical (unpaired) electrons. The number of hydrogen-bond acceptors (Lipinski definition) is 2. The van der Waals surface area contributed by atoms with Crippen LogP contribution in [-0.4, -0.2) is 21.0 Å². The highest BCUT2D eigenvalue weighted by Gasteiger charge is 2.03. The Labute approximate surface area is 73.0 Å². The molecule has 0 bridgehead atoms. The molecule has 1 rings (SSSR count). The first kappa shape index (κ1) is 9.26. The Morgan fingerprint density at radius 3 is 2.75 bits per heavy atom. The zero-order valence-electron chi connectivity index (χ0n) is 7.91. The fourth-order valence-corrected chi connectivity index (χ4v) is 1.25. The van der Waals surface area contributed by atoms with E-state index in [1.54, 1.807) is 0 Å². The molecule has 0 aliphatic rings. The van der Waals surface area contributed by atoms with Gasteiger partial charge in [-0.15, -0.1) is 0 Å². The van der Waals surface area contributed by atoms with Crippen molar-refractivity contribution in [3.05, 3.63) is 17.5 Å². The topological polar surface area (TPSA) is 38.0 Å². The van der Waals surface area contributed by atoms with Crippen molar-refractivity contribution in [3.63, 3.8) is 0 Å². The van der Waals surface area contributed by atoms with E-state index in [0.29, 0.717) is 0 Å². The lowest BCUT2D eigenvalue weighted by Crippen LogP contribution is -2.04. The zero-order chi connectivity index (χ0) is 9.14. The van der Waals surface area contributed by atoms with E-state index in [-0.39, 0.29) is 6.10 Å². The molecule has 1 atom stereocenters. The van der Waals surface area contributed by atoms with Crippen molar-refractivity contribution in [2.45, 2.75) is 32.8 Å². The van der Waals surface area contributed by atoms with Crippen molar-refractivity contribution in [2.75, 3.05) is 0 Å². The van der Waals surface area contributed by atoms with E-state index >= 15 is 0 Å². The van der Waals surface area contributed by atoms with Crippen LogP contribution in [0.15, 0.2) is 6.07 Å². The second kappa shape index (κ2) is 3.72. The van der Waals surface area contributed by atoms with Crippen LogP contribution in [0.2, 0.25) is 0 Å². The fourth-order valence-electron chi connectivity index (χ4n) is 1.25. The molecule has 1 aromatic heterocycles. The normalized spacial score (nSPS) is 13.3. The Hall–Kier alpha value is -0.830. The quantitative estimate of drug-likeness (QED) is 0.732. The molecule has 3 nitrogen and oxygen atoms in total. The number of hydrogen-bond donors (Lipinski definition) is 1. The van der Waals surface area contributed by atoms with E-state index in [0.717, 1.165) is 18.5 Å². The van der Waals surface area contributed by atoms with Gasteiger partial charge in [-0.25, -0.2) is 0 Å². The van der Waals surface area contributed by atoms with Crippen molar-refractivity contribution in [3.8, 4) is 0 Å². The van der Waals surface area contributed by atoms with Gasteiger partial charge in [0.15, 0.2) is 0 Å². The minimum atomic E-state index is -0.222. The summed E-state index contributed by atoms with van der Waals surface area (Å²) in [7, 11) is 1.93. The predicted molar refractivity (Wildman–Crippen MR) is 47.9 cm³/mol. The summed E-state index contributed by atoms with van der Waals surface area (Å²) in [6.45, 7) is 3.79. The Balaban J connectivity index is 2.57. The van der Waals surface area contributed by atoms with Crippen molar-refractivity contribution in [1.82, 2.24) is 9.78 Å². The van der Waals surface area contributed by atoms with Crippen LogP contribution in [0.25, 0.3) is 0 Å². The molecule has 0 unspecified atom stereocenters. The van der Waals surface area contributed by atoms with Gasteiger partial charge in [0.2, 0.25) is 0 Å². The number of aromatic nitrogens is 2. The van der Waals surface area contributed by atoms with E-state index in [9.17, 15) is 0 Å². The van der Waals surface area contributed by atoms with Gasteiger partial charge in [0.25, 0.3) is 0 Å². The van der Waals surface area contributed by atoms with E-state index in [1.807, 2.05) is 25.6 Å². The van der Waals surface area contributed by atoms with Crippen molar-refractivity contribution < 1.29 is 5.11 Å². The van der Waals surface area contributed by atoms with Gasteiger partial charge >= 0.3 is 0 Å². The molecule has 0 saturated heterocycles. The van der Waals surface area contributed by atoms with Crippen LogP contribution in [-0.2, 0) is 13.5 Å². The number of aliphatic hydroxyl groups excluding tert-OH is 1. The SMILES string of the molecule is Cc1cc(CC[C@H](C)O)n(C)n1. The van der Waals surface area contributed by atoms with Gasteiger partial charge in [0.1, 0.15) is 0 Å². The first-order chi connectivity index (χ1) is 5.59. The third kappa shape index (κ3) is 2.34. The third-order valence-corrected chi connectivity index (χ3v) is 1.92. The highest BCUT2D eigenvalue weighted by atomic mass is 16.3. The Morgan fingerprint density at radius 2 is 2.33 bits per heavy atom. The first-order valence-corrected chi connectivity index (χ1v) is 4.27. The lowest BCUT2D eigenvalue weighted by atomic mass is 10.2. The summed E-state index contributed by atoms with van der Waals surface area (Å²) in [4.78, 5) is 0. The van der Waals surface area contributed by atoms with Crippen LogP contribution in [0, 0.1) is 6.92 Å². The average molecular weight is 168 g/mol. The molecule has 12 heavy (non-hydrogen) atoms. The summed E-state index contributed by atoms with van der Waals surface area (Å²) in [6, 6.07) is 2.06. The maximum atomic E-state index is 9.08. The van der Waals surface area contributed by atoms with E-state index in [2.05, 4.69) is 11.2 Å². The number of rotatable bonds is 3. The molecule has 0 aromatic carbocycles. The molecule has 68 valence electrons. The van der Waals surface area contributed by atoms with Gasteiger partial charge in [-0.2, -0.15) is 5.10 Å². The summed E-state index contributed by atoms with van der Waals surface area (Å²) >= 11 is 0. The van der Waals surface area contributed by atoms with Crippen LogP contribution in [0.5, 0.6) is 0 Å². The molecular weight excluding hydrogens is 152 g/mol. The molecule has 0 saturated carbocycles. The van der Waals surface area contributed by atoms with Crippen LogP contribution in [0.3, 0.4) is 0 Å². The number of nitrogens with zero attached hydrogens (tertiary/aromatic N) is 2. The van der Waals surface area contributed by atoms with Crippen molar-refractivity contribution in [1.29, 1.82) is 0 Å². The Bertz CT molecular complexity index is 253. The standard InChI is InChI=1S/C9H16N2O/c1-7-6-9(11(3)10-7)5-4-8(2)12/h6,8,12H,4-5H2,1-3H3/t8-/m0/s1. The molecule has 0 fully saturated rings. The van der Waals surface area contributed by atoms with Crippen LogP contribution >= 0.6 is 0 Å². The van der Waals surface area contributed by atoms with Gasteiger partial charge in [0, 0.05) is 12.7 Å². The molecule has 0 aliphatic carbocycles. The summed E-state index contributed by atoms with van der Waals surface area (Å²) in [5.41, 5.74) is 2.23. The zero-order valence-corrected chi connectivity index (χ0v) is 7.91. The van der Waals surface area contributed by atoms with Gasteiger partial charge in [-0.05, 0) is 32.8 Å². The highest BCUT2D eigenvalue weighted by Crippen LogP contribution is 2.06. The molecule has 0 amide bonds. The predicted octanol–water partition coefficient (Wildman–Crippen LogP) is 1.04. The molecule has 1 N–H and O–H groups in total. The minimum absolute atomic E-state index is 0.222. The number of aliphatic hydroxyl groups is 1. The molecule has 1 aromatic rings. The maximum absolute atomic E-state index is 9.08. The maximum Gasteiger partial charge on any atom is 0.0596 e. The average Bonchev–Trinajstić information content (AvgIpc) is 2.26. The lowest BCUT2D eigenvalue weighted by molar-refractivity contribution is 0.184. The molecular formula is C9H16N2O. The fraction of sp³-hybridized carbons (Fsp3) is 0.667. The molecule has 3 heteroatoms. The van der Waals surface area contributed by atoms with Crippen molar-refractivity contribution in [2.24, 2.45) is 7.05 Å². The summed E-state index contributed by atoms with van der Waals surface area (Å²) in [5, 5.41) is 13.3. The van der Waals surface area contributed by atoms with Gasteiger partial charge in [-0.3, -0.25) is 4.68 Å². The second-order valence-corrected chi connectivity index (χ2v) is 3.29. The van der Waals surface area contributed by atoms with E-state index in [1.165, 1.54) is 5.69 Å². The van der Waals surface area contributed by atoms with E-state index < -0.39 is 0 Å². The Kier molecular flexibility index (Phi) is 2.87. The summed E-state index contributed by atoms with van der Waals surface area (Å²) in [6.07, 6.45) is 1.48. The monoisotopic (exact) mass is 168 g/mol. The lowest BCUT2D eigenvalue weighted by Gasteiger charge is -2.03. The second-order valence-electron chi connectivity index (χ2n) is 3.29. The Morgan fingerprint density at radius 1 is 1.67 bits per heavy atom. The molecule has 0 spiro atoms.